The van der Waals surface area contributed by atoms with Gasteiger partial charge in [-0.25, -0.2) is 8.42 Å². The van der Waals surface area contributed by atoms with Crippen molar-refractivity contribution in [3.63, 3.8) is 0 Å². The number of aryl methyl sites for hydroxylation is 1. The number of carbonyl (C=O) groups excluding carboxylic acids is 1. The van der Waals surface area contributed by atoms with Crippen LogP contribution in [0.2, 0.25) is 0 Å². The molecular formula is C17H17BrN2O4S. The second kappa shape index (κ2) is 6.68. The van der Waals surface area contributed by atoms with Gasteiger partial charge in [0, 0.05) is 17.5 Å². The molecule has 25 heavy (non-hydrogen) atoms. The van der Waals surface area contributed by atoms with E-state index in [9.17, 15) is 13.2 Å². The fourth-order valence-electron chi connectivity index (χ4n) is 2.71. The number of fused-ring (bicyclic) bond motifs is 1. The summed E-state index contributed by atoms with van der Waals surface area (Å²) in [4.78, 5) is 13.5. The van der Waals surface area contributed by atoms with Gasteiger partial charge >= 0.3 is 0 Å². The third-order valence-electron chi connectivity index (χ3n) is 3.91. The Bertz CT molecular complexity index is 944. The summed E-state index contributed by atoms with van der Waals surface area (Å²) in [5, 5.41) is 0. The maximum Gasteiger partial charge on any atom is 0.262 e. The van der Waals surface area contributed by atoms with Crippen LogP contribution in [0.5, 0.6) is 5.75 Å². The summed E-state index contributed by atoms with van der Waals surface area (Å²) in [6.45, 7) is 3.95. The van der Waals surface area contributed by atoms with Crippen molar-refractivity contribution in [3.8, 4) is 5.75 Å². The smallest absolute Gasteiger partial charge is 0.262 e. The number of hydrogen-bond acceptors (Lipinski definition) is 4. The van der Waals surface area contributed by atoms with Crippen LogP contribution >= 0.6 is 15.9 Å². The molecule has 0 atom stereocenters. The number of ether oxygens (including phenoxy) is 1. The van der Waals surface area contributed by atoms with Crippen molar-refractivity contribution in [3.05, 3.63) is 46.4 Å². The lowest BCUT2D eigenvalue weighted by Gasteiger charge is -2.29. The highest BCUT2D eigenvalue weighted by Gasteiger charge is 2.26. The van der Waals surface area contributed by atoms with Crippen LogP contribution in [0.15, 0.2) is 45.8 Å². The average Bonchev–Trinajstić information content (AvgIpc) is 2.55. The minimum atomic E-state index is -3.80. The lowest BCUT2D eigenvalue weighted by atomic mass is 10.1. The van der Waals surface area contributed by atoms with Crippen LogP contribution in [0.3, 0.4) is 0 Å². The Hall–Kier alpha value is -2.06. The first-order valence-corrected chi connectivity index (χ1v) is 9.90. The highest BCUT2D eigenvalue weighted by atomic mass is 79.9. The molecule has 1 N–H and O–H groups in total. The average molecular weight is 425 g/mol. The monoisotopic (exact) mass is 424 g/mol. The van der Waals surface area contributed by atoms with Gasteiger partial charge in [-0.05, 0) is 46.6 Å². The Morgan fingerprint density at radius 3 is 2.68 bits per heavy atom. The molecule has 0 bridgehead atoms. The summed E-state index contributed by atoms with van der Waals surface area (Å²) < 4.78 is 34.4. The minimum absolute atomic E-state index is 0.106. The molecule has 0 fully saturated rings. The normalized spacial score (nSPS) is 13.8. The van der Waals surface area contributed by atoms with Crippen LogP contribution in [0.25, 0.3) is 0 Å². The molecule has 0 aliphatic carbocycles. The molecule has 0 radical (unpaired) electrons. The predicted molar refractivity (Wildman–Crippen MR) is 99.7 cm³/mol. The molecule has 1 aliphatic rings. The maximum atomic E-state index is 12.8. The third kappa shape index (κ3) is 3.50. The number of sulfonamides is 1. The van der Waals surface area contributed by atoms with Crippen LogP contribution in [0.1, 0.15) is 12.5 Å². The van der Waals surface area contributed by atoms with Crippen molar-refractivity contribution >= 4 is 43.2 Å². The second-order valence-electron chi connectivity index (χ2n) is 5.69. The number of amides is 1. The molecule has 3 rings (SSSR count). The zero-order chi connectivity index (χ0) is 18.2. The minimum Gasteiger partial charge on any atom is -0.489 e. The summed E-state index contributed by atoms with van der Waals surface area (Å²) in [6, 6.07) is 10.1. The molecule has 0 spiro atoms. The third-order valence-corrected chi connectivity index (χ3v) is 6.11. The fraction of sp³-hybridized carbons (Fsp3) is 0.235. The van der Waals surface area contributed by atoms with E-state index in [1.807, 2.05) is 0 Å². The van der Waals surface area contributed by atoms with Gasteiger partial charge in [-0.3, -0.25) is 9.52 Å². The van der Waals surface area contributed by atoms with Gasteiger partial charge in [0.05, 0.1) is 22.8 Å². The first kappa shape index (κ1) is 17.8. The van der Waals surface area contributed by atoms with Crippen molar-refractivity contribution < 1.29 is 17.9 Å². The molecule has 1 amide bonds. The lowest BCUT2D eigenvalue weighted by molar-refractivity contribution is -0.116. The number of rotatable bonds is 3. The van der Waals surface area contributed by atoms with Gasteiger partial charge < -0.3 is 9.64 Å². The number of nitrogens with zero attached hydrogens (tertiary/aromatic N) is 1. The number of para-hydroxylation sites is 1. The molecular weight excluding hydrogens is 408 g/mol. The van der Waals surface area contributed by atoms with Gasteiger partial charge in [0.1, 0.15) is 12.4 Å². The van der Waals surface area contributed by atoms with E-state index >= 15 is 0 Å². The van der Waals surface area contributed by atoms with E-state index < -0.39 is 10.0 Å². The van der Waals surface area contributed by atoms with Crippen molar-refractivity contribution in [2.24, 2.45) is 0 Å². The van der Waals surface area contributed by atoms with Crippen molar-refractivity contribution in [2.45, 2.75) is 18.7 Å². The Labute approximate surface area is 155 Å². The topological polar surface area (TPSA) is 75.7 Å². The quantitative estimate of drug-likeness (QED) is 0.819. The molecule has 0 aromatic heterocycles. The lowest BCUT2D eigenvalue weighted by Crippen LogP contribution is -2.36. The van der Waals surface area contributed by atoms with E-state index in [1.165, 1.54) is 13.0 Å². The van der Waals surface area contributed by atoms with Crippen LogP contribution < -0.4 is 14.4 Å². The van der Waals surface area contributed by atoms with Crippen molar-refractivity contribution in [1.82, 2.24) is 0 Å². The first-order chi connectivity index (χ1) is 11.8. The van der Waals surface area contributed by atoms with Gasteiger partial charge in [0.2, 0.25) is 5.91 Å². The Morgan fingerprint density at radius 1 is 1.28 bits per heavy atom. The van der Waals surface area contributed by atoms with Gasteiger partial charge in [0.25, 0.3) is 10.0 Å². The highest BCUT2D eigenvalue weighted by Crippen LogP contribution is 2.37. The van der Waals surface area contributed by atoms with Crippen LogP contribution in [-0.2, 0) is 14.8 Å². The van der Waals surface area contributed by atoms with Gasteiger partial charge in [-0.15, -0.1) is 0 Å². The molecule has 2 aromatic rings. The molecule has 8 heteroatoms. The number of nitrogens with one attached hydrogen (secondary N) is 1. The molecule has 0 unspecified atom stereocenters. The van der Waals surface area contributed by atoms with Crippen LogP contribution in [-0.4, -0.2) is 27.5 Å². The van der Waals surface area contributed by atoms with E-state index in [0.29, 0.717) is 40.3 Å². The highest BCUT2D eigenvalue weighted by molar-refractivity contribution is 9.10. The number of benzene rings is 2. The molecule has 1 aliphatic heterocycles. The summed E-state index contributed by atoms with van der Waals surface area (Å²) in [5.74, 6) is 0.283. The molecule has 6 nitrogen and oxygen atoms in total. The zero-order valence-corrected chi connectivity index (χ0v) is 16.1. The van der Waals surface area contributed by atoms with E-state index in [-0.39, 0.29) is 10.8 Å². The standard InChI is InChI=1S/C17H17BrN2O4S/c1-11-9-15-16(24-8-7-20(15)12(2)21)10-17(11)25(22,23)19-14-6-4-3-5-13(14)18/h3-6,9-10,19H,7-8H2,1-2H3. The van der Waals surface area contributed by atoms with Gasteiger partial charge in [0.15, 0.2) is 0 Å². The van der Waals surface area contributed by atoms with E-state index in [4.69, 9.17) is 4.74 Å². The Kier molecular flexibility index (Phi) is 4.75. The largest absolute Gasteiger partial charge is 0.489 e. The van der Waals surface area contributed by atoms with Crippen LogP contribution in [0, 0.1) is 6.92 Å². The van der Waals surface area contributed by atoms with Crippen LogP contribution in [0.4, 0.5) is 11.4 Å². The van der Waals surface area contributed by atoms with E-state index in [2.05, 4.69) is 20.7 Å². The molecule has 2 aromatic carbocycles. The van der Waals surface area contributed by atoms with E-state index in [1.54, 1.807) is 42.2 Å². The summed E-state index contributed by atoms with van der Waals surface area (Å²) in [5.41, 5.74) is 1.58. The number of hydrogen-bond donors (Lipinski definition) is 1. The molecule has 1 heterocycles. The zero-order valence-electron chi connectivity index (χ0n) is 13.7. The van der Waals surface area contributed by atoms with Crippen molar-refractivity contribution in [1.29, 1.82) is 0 Å². The Balaban J connectivity index is 2.03. The maximum absolute atomic E-state index is 12.8. The predicted octanol–water partition coefficient (Wildman–Crippen LogP) is 3.30. The Morgan fingerprint density at radius 2 is 2.00 bits per heavy atom. The van der Waals surface area contributed by atoms with E-state index in [0.717, 1.165) is 0 Å². The molecule has 132 valence electrons. The second-order valence-corrected chi connectivity index (χ2v) is 8.20. The number of halogens is 1. The first-order valence-electron chi connectivity index (χ1n) is 7.62. The summed E-state index contributed by atoms with van der Waals surface area (Å²) in [7, 11) is -3.80. The molecule has 0 saturated carbocycles. The fourth-order valence-corrected chi connectivity index (χ4v) is 4.55. The SMILES string of the molecule is CC(=O)N1CCOc2cc(S(=O)(=O)Nc3ccccc3Br)c(C)cc21. The van der Waals surface area contributed by atoms with Gasteiger partial charge in [-0.1, -0.05) is 12.1 Å². The summed E-state index contributed by atoms with van der Waals surface area (Å²) >= 11 is 3.33. The number of carbonyl (C=O) groups is 1. The molecule has 0 saturated heterocycles. The summed E-state index contributed by atoms with van der Waals surface area (Å²) in [6.07, 6.45) is 0. The van der Waals surface area contributed by atoms with Crippen molar-refractivity contribution in [2.75, 3.05) is 22.8 Å². The van der Waals surface area contributed by atoms with Gasteiger partial charge in [-0.2, -0.15) is 0 Å². The number of anilines is 2.